The van der Waals surface area contributed by atoms with Crippen molar-refractivity contribution in [2.24, 2.45) is 11.8 Å². The summed E-state index contributed by atoms with van der Waals surface area (Å²) in [5.41, 5.74) is 4.03. The van der Waals surface area contributed by atoms with Crippen LogP contribution in [0, 0.1) is 5.92 Å². The van der Waals surface area contributed by atoms with E-state index in [4.69, 9.17) is 10.6 Å². The van der Waals surface area contributed by atoms with E-state index in [1.165, 1.54) is 12.8 Å². The SMILES string of the molecule is COc1ccccc1C(CCCC(C)C)NN. The maximum Gasteiger partial charge on any atom is 0.123 e. The summed E-state index contributed by atoms with van der Waals surface area (Å²) in [5, 5.41) is 0. The lowest BCUT2D eigenvalue weighted by Gasteiger charge is -2.19. The fourth-order valence-corrected chi connectivity index (χ4v) is 2.01. The molecule has 0 heterocycles. The van der Waals surface area contributed by atoms with Crippen LogP contribution in [0.4, 0.5) is 0 Å². The molecule has 0 amide bonds. The molecule has 1 atom stereocenters. The van der Waals surface area contributed by atoms with Gasteiger partial charge in [0, 0.05) is 11.6 Å². The average molecular weight is 236 g/mol. The topological polar surface area (TPSA) is 47.3 Å². The van der Waals surface area contributed by atoms with Crippen molar-refractivity contribution in [3.8, 4) is 5.75 Å². The third-order valence-corrected chi connectivity index (χ3v) is 2.99. The minimum atomic E-state index is 0.171. The summed E-state index contributed by atoms with van der Waals surface area (Å²) in [7, 11) is 1.69. The first-order valence-corrected chi connectivity index (χ1v) is 6.28. The monoisotopic (exact) mass is 236 g/mol. The second-order valence-corrected chi connectivity index (χ2v) is 4.79. The van der Waals surface area contributed by atoms with E-state index < -0.39 is 0 Å². The Bertz CT molecular complexity index is 326. The molecule has 17 heavy (non-hydrogen) atoms. The van der Waals surface area contributed by atoms with Crippen molar-refractivity contribution in [1.82, 2.24) is 5.43 Å². The minimum absolute atomic E-state index is 0.171. The average Bonchev–Trinajstić information content (AvgIpc) is 2.34. The van der Waals surface area contributed by atoms with E-state index in [2.05, 4.69) is 25.3 Å². The van der Waals surface area contributed by atoms with Crippen LogP contribution in [0.5, 0.6) is 5.75 Å². The quantitative estimate of drug-likeness (QED) is 0.565. The highest BCUT2D eigenvalue weighted by molar-refractivity contribution is 5.35. The molecule has 3 heteroatoms. The van der Waals surface area contributed by atoms with Crippen LogP contribution in [0.25, 0.3) is 0 Å². The van der Waals surface area contributed by atoms with Gasteiger partial charge in [0.2, 0.25) is 0 Å². The molecule has 1 aromatic carbocycles. The number of methoxy groups -OCH3 is 1. The van der Waals surface area contributed by atoms with Gasteiger partial charge in [0.15, 0.2) is 0 Å². The lowest BCUT2D eigenvalue weighted by molar-refractivity contribution is 0.390. The standard InChI is InChI=1S/C14H24N2O/c1-11(2)7-6-9-13(16-15)12-8-4-5-10-14(12)17-3/h4-5,8,10-11,13,16H,6-7,9,15H2,1-3H3. The molecule has 0 fully saturated rings. The van der Waals surface area contributed by atoms with E-state index in [9.17, 15) is 0 Å². The number of nitrogens with one attached hydrogen (secondary N) is 1. The molecule has 0 radical (unpaired) electrons. The van der Waals surface area contributed by atoms with Crippen molar-refractivity contribution in [1.29, 1.82) is 0 Å². The fraction of sp³-hybridized carbons (Fsp3) is 0.571. The second-order valence-electron chi connectivity index (χ2n) is 4.79. The molecular weight excluding hydrogens is 212 g/mol. The van der Waals surface area contributed by atoms with E-state index in [-0.39, 0.29) is 6.04 Å². The highest BCUT2D eigenvalue weighted by Crippen LogP contribution is 2.28. The zero-order chi connectivity index (χ0) is 12.7. The zero-order valence-electron chi connectivity index (χ0n) is 11.1. The van der Waals surface area contributed by atoms with Crippen molar-refractivity contribution >= 4 is 0 Å². The summed E-state index contributed by atoms with van der Waals surface area (Å²) in [4.78, 5) is 0. The lowest BCUT2D eigenvalue weighted by atomic mass is 9.98. The van der Waals surface area contributed by atoms with E-state index >= 15 is 0 Å². The van der Waals surface area contributed by atoms with Gasteiger partial charge in [-0.3, -0.25) is 11.3 Å². The number of benzene rings is 1. The molecule has 0 saturated carbocycles. The van der Waals surface area contributed by atoms with E-state index in [1.54, 1.807) is 7.11 Å². The molecule has 0 spiro atoms. The molecule has 1 aromatic rings. The Morgan fingerprint density at radius 1 is 1.24 bits per heavy atom. The van der Waals surface area contributed by atoms with Crippen LogP contribution in [0.15, 0.2) is 24.3 Å². The van der Waals surface area contributed by atoms with Gasteiger partial charge >= 0.3 is 0 Å². The summed E-state index contributed by atoms with van der Waals surface area (Å²) in [6.07, 6.45) is 3.44. The summed E-state index contributed by atoms with van der Waals surface area (Å²) in [6.45, 7) is 4.49. The van der Waals surface area contributed by atoms with Gasteiger partial charge in [-0.15, -0.1) is 0 Å². The number of hydrogen-bond acceptors (Lipinski definition) is 3. The first-order chi connectivity index (χ1) is 8.19. The van der Waals surface area contributed by atoms with Crippen LogP contribution < -0.4 is 16.0 Å². The van der Waals surface area contributed by atoms with Gasteiger partial charge < -0.3 is 4.74 Å². The van der Waals surface area contributed by atoms with Crippen LogP contribution in [-0.2, 0) is 0 Å². The van der Waals surface area contributed by atoms with Crippen molar-refractivity contribution in [3.63, 3.8) is 0 Å². The molecule has 1 unspecified atom stereocenters. The van der Waals surface area contributed by atoms with E-state index in [1.807, 2.05) is 18.2 Å². The smallest absolute Gasteiger partial charge is 0.123 e. The summed E-state index contributed by atoms with van der Waals surface area (Å²) >= 11 is 0. The molecule has 0 aliphatic carbocycles. The van der Waals surface area contributed by atoms with Crippen LogP contribution in [0.1, 0.15) is 44.7 Å². The summed E-state index contributed by atoms with van der Waals surface area (Å²) in [5.74, 6) is 7.28. The van der Waals surface area contributed by atoms with E-state index in [0.717, 1.165) is 23.7 Å². The van der Waals surface area contributed by atoms with Crippen molar-refractivity contribution in [2.45, 2.75) is 39.2 Å². The predicted octanol–water partition coefficient (Wildman–Crippen LogP) is 3.03. The lowest BCUT2D eigenvalue weighted by Crippen LogP contribution is -2.28. The van der Waals surface area contributed by atoms with Crippen molar-refractivity contribution < 1.29 is 4.74 Å². The Kier molecular flexibility index (Phi) is 6.01. The fourth-order valence-electron chi connectivity index (χ4n) is 2.01. The number of para-hydroxylation sites is 1. The molecule has 0 bridgehead atoms. The molecule has 3 N–H and O–H groups in total. The Labute approximate surface area is 104 Å². The Balaban J connectivity index is 2.65. The van der Waals surface area contributed by atoms with Gasteiger partial charge in [0.1, 0.15) is 5.75 Å². The predicted molar refractivity (Wildman–Crippen MR) is 71.7 cm³/mol. The molecule has 96 valence electrons. The Hall–Kier alpha value is -1.06. The van der Waals surface area contributed by atoms with Crippen LogP contribution in [-0.4, -0.2) is 7.11 Å². The summed E-state index contributed by atoms with van der Waals surface area (Å²) in [6, 6.07) is 8.21. The Morgan fingerprint density at radius 3 is 2.53 bits per heavy atom. The Morgan fingerprint density at radius 2 is 1.94 bits per heavy atom. The van der Waals surface area contributed by atoms with Gasteiger partial charge in [-0.1, -0.05) is 44.9 Å². The first kappa shape index (κ1) is 14.0. The number of nitrogens with two attached hydrogens (primary N) is 1. The van der Waals surface area contributed by atoms with Crippen molar-refractivity contribution in [2.75, 3.05) is 7.11 Å². The molecule has 0 saturated heterocycles. The van der Waals surface area contributed by atoms with Gasteiger partial charge in [-0.25, -0.2) is 0 Å². The first-order valence-electron chi connectivity index (χ1n) is 6.28. The third-order valence-electron chi connectivity index (χ3n) is 2.99. The molecule has 0 aliphatic heterocycles. The van der Waals surface area contributed by atoms with Crippen LogP contribution >= 0.6 is 0 Å². The normalized spacial score (nSPS) is 12.8. The highest BCUT2D eigenvalue weighted by Gasteiger charge is 2.13. The number of rotatable bonds is 7. The van der Waals surface area contributed by atoms with Gasteiger partial charge in [0.25, 0.3) is 0 Å². The second kappa shape index (κ2) is 7.30. The van der Waals surface area contributed by atoms with Gasteiger partial charge in [0.05, 0.1) is 7.11 Å². The van der Waals surface area contributed by atoms with Gasteiger partial charge in [-0.05, 0) is 18.4 Å². The number of hydrogen-bond donors (Lipinski definition) is 2. The maximum atomic E-state index is 5.64. The third kappa shape index (κ3) is 4.36. The minimum Gasteiger partial charge on any atom is -0.496 e. The molecule has 1 rings (SSSR count). The largest absolute Gasteiger partial charge is 0.496 e. The zero-order valence-corrected chi connectivity index (χ0v) is 11.1. The maximum absolute atomic E-state index is 5.64. The van der Waals surface area contributed by atoms with Crippen LogP contribution in [0.3, 0.4) is 0 Å². The molecule has 0 aliphatic rings. The number of hydrazine groups is 1. The van der Waals surface area contributed by atoms with Gasteiger partial charge in [-0.2, -0.15) is 0 Å². The van der Waals surface area contributed by atoms with Crippen LogP contribution in [0.2, 0.25) is 0 Å². The molecule has 3 nitrogen and oxygen atoms in total. The highest BCUT2D eigenvalue weighted by atomic mass is 16.5. The molecule has 0 aromatic heterocycles. The molecular formula is C14H24N2O. The number of ether oxygens (including phenoxy) is 1. The van der Waals surface area contributed by atoms with Crippen molar-refractivity contribution in [3.05, 3.63) is 29.8 Å². The van der Waals surface area contributed by atoms with E-state index in [0.29, 0.717) is 0 Å². The summed E-state index contributed by atoms with van der Waals surface area (Å²) < 4.78 is 5.36.